The molecular weight excluding hydrogens is 826 g/mol. The molecule has 0 bridgehead atoms. The Labute approximate surface area is 398 Å². The second-order valence-electron chi connectivity index (χ2n) is 21.8. The second kappa shape index (κ2) is 17.4. The van der Waals surface area contributed by atoms with Crippen LogP contribution in [-0.4, -0.2) is 0 Å². The van der Waals surface area contributed by atoms with Gasteiger partial charge in [0, 0.05) is 0 Å². The Kier molecular flexibility index (Phi) is 12.4. The number of rotatable bonds is 12. The fourth-order valence-corrected chi connectivity index (χ4v) is 9.91. The Morgan fingerprint density at radius 3 is 1.04 bits per heavy atom. The van der Waals surface area contributed by atoms with Gasteiger partial charge in [0.15, 0.2) is 0 Å². The second-order valence-corrected chi connectivity index (χ2v) is 21.8. The minimum Gasteiger partial charge on any atom is -0.166 e. The third-order valence-electron chi connectivity index (χ3n) is 16.2. The maximum atomic E-state index is 15.0. The van der Waals surface area contributed by atoms with Gasteiger partial charge in [-0.2, -0.15) is 13.2 Å². The van der Waals surface area contributed by atoms with Gasteiger partial charge in [0.05, 0.1) is 5.56 Å². The highest BCUT2D eigenvalue weighted by molar-refractivity contribution is 6.34. The van der Waals surface area contributed by atoms with E-state index < -0.39 is 11.7 Å². The van der Waals surface area contributed by atoms with E-state index in [1.807, 2.05) is 6.07 Å². The van der Waals surface area contributed by atoms with Crippen molar-refractivity contribution in [2.45, 2.75) is 144 Å². The number of hydrogen-bond donors (Lipinski definition) is 0. The summed E-state index contributed by atoms with van der Waals surface area (Å²) in [7, 11) is 0. The molecule has 0 nitrogen and oxygen atoms in total. The van der Waals surface area contributed by atoms with Crippen LogP contribution in [0.4, 0.5) is 13.2 Å². The van der Waals surface area contributed by atoms with Gasteiger partial charge in [-0.15, -0.1) is 0 Å². The predicted octanol–water partition coefficient (Wildman–Crippen LogP) is 19.9. The van der Waals surface area contributed by atoms with Gasteiger partial charge in [-0.05, 0) is 178 Å². The lowest BCUT2D eigenvalue weighted by molar-refractivity contribution is -0.137. The zero-order valence-corrected chi connectivity index (χ0v) is 42.2. The summed E-state index contributed by atoms with van der Waals surface area (Å²) in [6, 6.07) is 46.9. The Morgan fingerprint density at radius 2 is 0.672 bits per heavy atom. The number of benzene rings is 8. The van der Waals surface area contributed by atoms with Crippen LogP contribution < -0.4 is 0 Å². The highest BCUT2D eigenvalue weighted by Crippen LogP contribution is 2.55. The lowest BCUT2D eigenvalue weighted by Crippen LogP contribution is -2.15. The summed E-state index contributed by atoms with van der Waals surface area (Å²) in [6.45, 7) is 29.4. The first-order chi connectivity index (χ1) is 31.6. The Hall–Kier alpha value is -5.67. The van der Waals surface area contributed by atoms with Crippen molar-refractivity contribution in [2.24, 2.45) is 0 Å². The Bertz CT molecular complexity index is 3140. The molecule has 0 aromatic heterocycles. The highest BCUT2D eigenvalue weighted by atomic mass is 19.4. The third-order valence-corrected chi connectivity index (χ3v) is 16.2. The number of aryl methyl sites for hydroxylation is 1. The van der Waals surface area contributed by atoms with Crippen LogP contribution in [0.5, 0.6) is 0 Å². The smallest absolute Gasteiger partial charge is 0.166 e. The molecule has 346 valence electrons. The van der Waals surface area contributed by atoms with E-state index in [4.69, 9.17) is 0 Å². The molecule has 0 unspecified atom stereocenters. The summed E-state index contributed by atoms with van der Waals surface area (Å²) in [5.41, 5.74) is 12.8. The fourth-order valence-electron chi connectivity index (χ4n) is 9.91. The van der Waals surface area contributed by atoms with Crippen LogP contribution in [0.3, 0.4) is 0 Å². The molecule has 3 heteroatoms. The molecule has 8 aromatic carbocycles. The van der Waals surface area contributed by atoms with Crippen molar-refractivity contribution >= 4 is 32.3 Å². The van der Waals surface area contributed by atoms with Crippen LogP contribution in [0.25, 0.3) is 76.8 Å². The summed E-state index contributed by atoms with van der Waals surface area (Å²) < 4.78 is 45.0. The predicted molar refractivity (Wildman–Crippen MR) is 284 cm³/mol. The first-order valence-corrected chi connectivity index (χ1v) is 24.6. The molecule has 67 heavy (non-hydrogen) atoms. The van der Waals surface area contributed by atoms with Crippen molar-refractivity contribution in [1.29, 1.82) is 0 Å². The molecule has 0 aliphatic heterocycles. The maximum Gasteiger partial charge on any atom is 0.416 e. The van der Waals surface area contributed by atoms with Crippen molar-refractivity contribution in [3.8, 4) is 44.5 Å². The van der Waals surface area contributed by atoms with Crippen LogP contribution >= 0.6 is 0 Å². The number of halogens is 3. The van der Waals surface area contributed by atoms with Gasteiger partial charge in [0.1, 0.15) is 0 Å². The van der Waals surface area contributed by atoms with Gasteiger partial charge in [-0.25, -0.2) is 0 Å². The molecule has 0 saturated heterocycles. The molecule has 0 amide bonds. The van der Waals surface area contributed by atoms with Crippen molar-refractivity contribution in [3.05, 3.63) is 167 Å². The number of fused-ring (bicyclic) bond motifs is 3. The van der Waals surface area contributed by atoms with Crippen molar-refractivity contribution in [1.82, 2.24) is 0 Å². The van der Waals surface area contributed by atoms with E-state index in [1.54, 1.807) is 6.07 Å². The van der Waals surface area contributed by atoms with Gasteiger partial charge < -0.3 is 0 Å². The van der Waals surface area contributed by atoms with E-state index in [0.29, 0.717) is 5.56 Å². The Morgan fingerprint density at radius 1 is 0.328 bits per heavy atom. The SMILES string of the molecule is CCC(C)(C)c1ccc(-c2c3ccc(C(C)(C)CC)cc3c(-c3cccc(C(F)(F)F)c3)c3c(-c4ccc(C(C)(C)CC)cc4)c4ccc(C(C)(C)CC)cc4c(-c4cccc(C)c4)c23)cc1. The van der Waals surface area contributed by atoms with E-state index in [9.17, 15) is 0 Å². The molecule has 0 spiro atoms. The average molecular weight is 895 g/mol. The molecule has 0 radical (unpaired) electrons. The first-order valence-electron chi connectivity index (χ1n) is 24.6. The van der Waals surface area contributed by atoms with Gasteiger partial charge in [-0.3, -0.25) is 0 Å². The monoisotopic (exact) mass is 895 g/mol. The largest absolute Gasteiger partial charge is 0.416 e. The van der Waals surface area contributed by atoms with Gasteiger partial charge in [-0.1, -0.05) is 198 Å². The molecule has 0 heterocycles. The molecule has 0 fully saturated rings. The average Bonchev–Trinajstić information content (AvgIpc) is 3.31. The topological polar surface area (TPSA) is 0 Å². The standard InChI is InChI=1S/C64H69F3/c1-14-60(6,7)45-28-24-41(25-29-45)54-51-35-33-48(63(12,13)17-4)39-53(51)57(44-22-19-23-49(37-44)64(65,66)67)59-55(42-26-30-46(31-27-42)61(8,9)15-2)50-34-32-47(62(10,11)16-3)38-52(50)56(58(54)59)43-21-18-20-40(5)36-43/h18-39H,14-17H2,1-13H3. The summed E-state index contributed by atoms with van der Waals surface area (Å²) in [5.74, 6) is 0. The van der Waals surface area contributed by atoms with Crippen molar-refractivity contribution < 1.29 is 13.2 Å². The first kappa shape index (κ1) is 47.8. The lowest BCUT2D eigenvalue weighted by Gasteiger charge is -2.29. The molecule has 8 rings (SSSR count). The van der Waals surface area contributed by atoms with E-state index in [1.165, 1.54) is 28.8 Å². The van der Waals surface area contributed by atoms with Crippen molar-refractivity contribution in [2.75, 3.05) is 0 Å². The van der Waals surface area contributed by atoms with Crippen LogP contribution in [0.15, 0.2) is 133 Å². The summed E-state index contributed by atoms with van der Waals surface area (Å²) in [4.78, 5) is 0. The summed E-state index contributed by atoms with van der Waals surface area (Å²) in [6.07, 6.45) is -0.690. The molecular formula is C64H69F3. The van der Waals surface area contributed by atoms with E-state index in [2.05, 4.69) is 199 Å². The van der Waals surface area contributed by atoms with Crippen LogP contribution in [0.1, 0.15) is 142 Å². The molecule has 8 aromatic rings. The zero-order chi connectivity index (χ0) is 48.4. The molecule has 0 N–H and O–H groups in total. The van der Waals surface area contributed by atoms with Crippen LogP contribution in [0, 0.1) is 6.92 Å². The molecule has 0 aliphatic carbocycles. The maximum absolute atomic E-state index is 15.0. The van der Waals surface area contributed by atoms with E-state index in [-0.39, 0.29) is 21.7 Å². The fraction of sp³-hybridized carbons (Fsp3) is 0.344. The van der Waals surface area contributed by atoms with Crippen LogP contribution in [-0.2, 0) is 27.8 Å². The molecule has 0 atom stereocenters. The van der Waals surface area contributed by atoms with Crippen molar-refractivity contribution in [3.63, 3.8) is 0 Å². The summed E-state index contributed by atoms with van der Waals surface area (Å²) >= 11 is 0. The van der Waals surface area contributed by atoms with Gasteiger partial charge in [0.25, 0.3) is 0 Å². The third kappa shape index (κ3) is 8.62. The number of hydrogen-bond acceptors (Lipinski definition) is 0. The van der Waals surface area contributed by atoms with E-state index in [0.717, 1.165) is 108 Å². The van der Waals surface area contributed by atoms with Gasteiger partial charge >= 0.3 is 6.18 Å². The zero-order valence-electron chi connectivity index (χ0n) is 42.2. The Balaban J connectivity index is 1.75. The van der Waals surface area contributed by atoms with Gasteiger partial charge in [0.2, 0.25) is 0 Å². The minimum absolute atomic E-state index is 0.0201. The van der Waals surface area contributed by atoms with Crippen LogP contribution in [0.2, 0.25) is 0 Å². The lowest BCUT2D eigenvalue weighted by atomic mass is 9.74. The normalized spacial score (nSPS) is 13.0. The summed E-state index contributed by atoms with van der Waals surface area (Å²) in [5, 5.41) is 6.17. The molecule has 0 aliphatic rings. The minimum atomic E-state index is -4.53. The quantitative estimate of drug-likeness (QED) is 0.107. The van der Waals surface area contributed by atoms with E-state index >= 15 is 13.2 Å². The molecule has 0 saturated carbocycles. The number of alkyl halides is 3. The highest BCUT2D eigenvalue weighted by Gasteiger charge is 2.33.